The minimum absolute atomic E-state index is 0.0929. The molecule has 0 aromatic carbocycles. The van der Waals surface area contributed by atoms with Gasteiger partial charge in [-0.15, -0.1) is 0 Å². The van der Waals surface area contributed by atoms with Gasteiger partial charge in [-0.05, 0) is 103 Å². The van der Waals surface area contributed by atoms with Gasteiger partial charge in [-0.25, -0.2) is 0 Å². The number of ether oxygens (including phenoxy) is 3. The summed E-state index contributed by atoms with van der Waals surface area (Å²) in [6.07, 6.45) is 58.8. The summed E-state index contributed by atoms with van der Waals surface area (Å²) < 4.78 is 16.7. The molecule has 0 unspecified atom stereocenters. The van der Waals surface area contributed by atoms with E-state index in [1.807, 2.05) is 0 Å². The van der Waals surface area contributed by atoms with Crippen molar-refractivity contribution in [2.45, 2.75) is 232 Å². The molecule has 0 aliphatic carbocycles. The second-order valence-corrected chi connectivity index (χ2v) is 16.0. The number of allylic oxidation sites excluding steroid dienone is 12. The Hall–Kier alpha value is -3.15. The molecule has 0 saturated heterocycles. The van der Waals surface area contributed by atoms with Crippen LogP contribution < -0.4 is 0 Å². The zero-order valence-corrected chi connectivity index (χ0v) is 38.5. The van der Waals surface area contributed by atoms with Gasteiger partial charge < -0.3 is 14.2 Å². The van der Waals surface area contributed by atoms with Crippen LogP contribution in [0, 0.1) is 0 Å². The standard InChI is InChI=1S/C53H90O6/c1-4-7-10-13-16-19-22-24-25-26-27-29-32-35-38-41-44-47-53(56)59-50(48-57-51(54)45-42-39-36-33-30-21-18-15-12-9-6-3)49-58-52(55)46-43-40-37-34-31-28-23-20-17-14-11-8-5-2/h7,10,15-16,18-20,23-25,27,29,50H,4-6,8-9,11-14,17,21-22,26,28,30-49H2,1-3H3/b10-7-,18-15-,19-16-,23-20-,25-24-,29-27-/t50-/m0/s1. The van der Waals surface area contributed by atoms with Gasteiger partial charge in [-0.1, -0.05) is 177 Å². The molecule has 0 spiro atoms. The predicted molar refractivity (Wildman–Crippen MR) is 251 cm³/mol. The molecular formula is C53H90O6. The largest absolute Gasteiger partial charge is 0.462 e. The van der Waals surface area contributed by atoms with Crippen LogP contribution in [0.25, 0.3) is 0 Å². The summed E-state index contributed by atoms with van der Waals surface area (Å²) in [7, 11) is 0. The second kappa shape index (κ2) is 47.5. The van der Waals surface area contributed by atoms with E-state index in [4.69, 9.17) is 14.2 Å². The number of carbonyl (C=O) groups excluding carboxylic acids is 3. The Morgan fingerprint density at radius 3 is 1.10 bits per heavy atom. The Kier molecular flexibility index (Phi) is 45.0. The van der Waals surface area contributed by atoms with Gasteiger partial charge in [0.2, 0.25) is 0 Å². The van der Waals surface area contributed by atoms with E-state index in [9.17, 15) is 14.4 Å². The van der Waals surface area contributed by atoms with Gasteiger partial charge in [0.15, 0.2) is 6.10 Å². The van der Waals surface area contributed by atoms with Crippen molar-refractivity contribution in [3.05, 3.63) is 72.9 Å². The van der Waals surface area contributed by atoms with Crippen molar-refractivity contribution >= 4 is 17.9 Å². The number of unbranched alkanes of at least 4 members (excludes halogenated alkanes) is 20. The third kappa shape index (κ3) is 45.8. The Labute approximate surface area is 363 Å². The minimum Gasteiger partial charge on any atom is -0.462 e. The van der Waals surface area contributed by atoms with Crippen molar-refractivity contribution in [3.8, 4) is 0 Å². The van der Waals surface area contributed by atoms with Crippen molar-refractivity contribution in [3.63, 3.8) is 0 Å². The van der Waals surface area contributed by atoms with Gasteiger partial charge in [0.05, 0.1) is 0 Å². The third-order valence-electron chi connectivity index (χ3n) is 10.2. The molecule has 0 bridgehead atoms. The first-order valence-corrected chi connectivity index (χ1v) is 24.4. The maximum atomic E-state index is 12.8. The van der Waals surface area contributed by atoms with E-state index in [1.165, 1.54) is 77.0 Å². The molecule has 0 amide bonds. The van der Waals surface area contributed by atoms with Crippen molar-refractivity contribution < 1.29 is 28.6 Å². The van der Waals surface area contributed by atoms with Gasteiger partial charge in [-0.3, -0.25) is 14.4 Å². The fraction of sp³-hybridized carbons (Fsp3) is 0.717. The number of hydrogen-bond donors (Lipinski definition) is 0. The van der Waals surface area contributed by atoms with E-state index in [-0.39, 0.29) is 31.1 Å². The molecular weight excluding hydrogens is 733 g/mol. The molecule has 338 valence electrons. The number of rotatable bonds is 43. The van der Waals surface area contributed by atoms with Gasteiger partial charge >= 0.3 is 17.9 Å². The average molecular weight is 823 g/mol. The maximum Gasteiger partial charge on any atom is 0.306 e. The summed E-state index contributed by atoms with van der Waals surface area (Å²) in [6, 6.07) is 0. The van der Waals surface area contributed by atoms with Crippen molar-refractivity contribution in [1.29, 1.82) is 0 Å². The van der Waals surface area contributed by atoms with Crippen molar-refractivity contribution in [1.82, 2.24) is 0 Å². The quantitative estimate of drug-likeness (QED) is 0.0264. The van der Waals surface area contributed by atoms with Crippen LogP contribution in [-0.4, -0.2) is 37.2 Å². The summed E-state index contributed by atoms with van der Waals surface area (Å²) in [5.41, 5.74) is 0. The zero-order valence-electron chi connectivity index (χ0n) is 38.5. The first kappa shape index (κ1) is 55.9. The molecule has 0 aliphatic heterocycles. The summed E-state index contributed by atoms with van der Waals surface area (Å²) >= 11 is 0. The van der Waals surface area contributed by atoms with Crippen LogP contribution >= 0.6 is 0 Å². The summed E-state index contributed by atoms with van der Waals surface area (Å²) in [5, 5.41) is 0. The fourth-order valence-electron chi connectivity index (χ4n) is 6.47. The highest BCUT2D eigenvalue weighted by molar-refractivity contribution is 5.71. The van der Waals surface area contributed by atoms with Crippen LogP contribution in [0.4, 0.5) is 0 Å². The second-order valence-electron chi connectivity index (χ2n) is 16.0. The van der Waals surface area contributed by atoms with Crippen LogP contribution in [-0.2, 0) is 28.6 Å². The summed E-state index contributed by atoms with van der Waals surface area (Å²) in [5.74, 6) is -0.937. The molecule has 6 nitrogen and oxygen atoms in total. The first-order valence-electron chi connectivity index (χ1n) is 24.4. The van der Waals surface area contributed by atoms with Gasteiger partial charge in [0.1, 0.15) is 13.2 Å². The lowest BCUT2D eigenvalue weighted by Crippen LogP contribution is -2.30. The lowest BCUT2D eigenvalue weighted by Gasteiger charge is -2.18. The Balaban J connectivity index is 4.45. The number of carbonyl (C=O) groups is 3. The van der Waals surface area contributed by atoms with Crippen LogP contribution in [0.5, 0.6) is 0 Å². The van der Waals surface area contributed by atoms with Crippen LogP contribution in [0.15, 0.2) is 72.9 Å². The molecule has 1 atom stereocenters. The highest BCUT2D eigenvalue weighted by Crippen LogP contribution is 2.13. The Morgan fingerprint density at radius 2 is 0.678 bits per heavy atom. The maximum absolute atomic E-state index is 12.8. The molecule has 0 aromatic heterocycles. The Morgan fingerprint density at radius 1 is 0.356 bits per heavy atom. The normalized spacial score (nSPS) is 12.7. The molecule has 0 aromatic rings. The van der Waals surface area contributed by atoms with E-state index in [2.05, 4.69) is 93.7 Å². The SMILES string of the molecule is CC/C=C\C/C=C\C/C=C\C/C=C\CCCCCCC(=O)O[C@@H](COC(=O)CCCCCCC/C=C\CCCC)COC(=O)CCCCCCC/C=C\CCCCCC. The summed E-state index contributed by atoms with van der Waals surface area (Å²) in [4.78, 5) is 37.8. The number of hydrogen-bond acceptors (Lipinski definition) is 6. The van der Waals surface area contributed by atoms with Gasteiger partial charge in [-0.2, -0.15) is 0 Å². The van der Waals surface area contributed by atoms with E-state index >= 15 is 0 Å². The molecule has 0 radical (unpaired) electrons. The lowest BCUT2D eigenvalue weighted by atomic mass is 10.1. The molecule has 0 fully saturated rings. The molecule has 0 heterocycles. The Bertz CT molecular complexity index is 1130. The highest BCUT2D eigenvalue weighted by Gasteiger charge is 2.19. The van der Waals surface area contributed by atoms with E-state index < -0.39 is 6.10 Å². The zero-order chi connectivity index (χ0) is 43.0. The number of esters is 3. The molecule has 0 aliphatic rings. The molecule has 0 saturated carbocycles. The van der Waals surface area contributed by atoms with Crippen LogP contribution in [0.2, 0.25) is 0 Å². The summed E-state index contributed by atoms with van der Waals surface area (Å²) in [6.45, 7) is 6.42. The van der Waals surface area contributed by atoms with E-state index in [0.717, 1.165) is 109 Å². The molecule has 6 heteroatoms. The first-order chi connectivity index (χ1) is 29.0. The van der Waals surface area contributed by atoms with E-state index in [0.29, 0.717) is 19.3 Å². The predicted octanol–water partition coefficient (Wildman–Crippen LogP) is 15.9. The van der Waals surface area contributed by atoms with Gasteiger partial charge in [0, 0.05) is 19.3 Å². The van der Waals surface area contributed by atoms with Crippen molar-refractivity contribution in [2.75, 3.05) is 13.2 Å². The lowest BCUT2D eigenvalue weighted by molar-refractivity contribution is -0.167. The van der Waals surface area contributed by atoms with Crippen LogP contribution in [0.3, 0.4) is 0 Å². The molecule has 59 heavy (non-hydrogen) atoms. The average Bonchev–Trinajstić information content (AvgIpc) is 3.23. The third-order valence-corrected chi connectivity index (χ3v) is 10.2. The molecule has 0 N–H and O–H groups in total. The van der Waals surface area contributed by atoms with Gasteiger partial charge in [0.25, 0.3) is 0 Å². The topological polar surface area (TPSA) is 78.9 Å². The molecule has 0 rings (SSSR count). The van der Waals surface area contributed by atoms with Crippen LogP contribution in [0.1, 0.15) is 226 Å². The van der Waals surface area contributed by atoms with E-state index in [1.54, 1.807) is 0 Å². The van der Waals surface area contributed by atoms with Crippen molar-refractivity contribution in [2.24, 2.45) is 0 Å². The minimum atomic E-state index is -0.793. The highest BCUT2D eigenvalue weighted by atomic mass is 16.6. The monoisotopic (exact) mass is 823 g/mol. The fourth-order valence-corrected chi connectivity index (χ4v) is 6.47. The smallest absolute Gasteiger partial charge is 0.306 e.